The normalized spacial score (nSPS) is 11.1. The fourth-order valence-electron chi connectivity index (χ4n) is 2.19. The van der Waals surface area contributed by atoms with Crippen molar-refractivity contribution in [2.45, 2.75) is 26.8 Å². The lowest BCUT2D eigenvalue weighted by atomic mass is 10.2. The van der Waals surface area contributed by atoms with Gasteiger partial charge in [0.1, 0.15) is 5.82 Å². The second-order valence-electron chi connectivity index (χ2n) is 4.94. The van der Waals surface area contributed by atoms with E-state index >= 15 is 0 Å². The van der Waals surface area contributed by atoms with Crippen LogP contribution in [0.1, 0.15) is 17.3 Å². The van der Waals surface area contributed by atoms with Gasteiger partial charge in [0.15, 0.2) is 0 Å². The maximum absolute atomic E-state index is 13.7. The molecule has 0 saturated carbocycles. The average molecular weight is 321 g/mol. The molecular formula is C15H14ClFN4O. The minimum atomic E-state index is -0.386. The van der Waals surface area contributed by atoms with Gasteiger partial charge < -0.3 is 4.42 Å². The molecule has 114 valence electrons. The first kappa shape index (κ1) is 14.7. The number of hydrogen-bond donors (Lipinski definition) is 0. The van der Waals surface area contributed by atoms with Gasteiger partial charge in [-0.25, -0.2) is 4.39 Å². The first-order valence-corrected chi connectivity index (χ1v) is 7.21. The van der Waals surface area contributed by atoms with Crippen LogP contribution in [0.5, 0.6) is 0 Å². The highest BCUT2D eigenvalue weighted by Crippen LogP contribution is 2.22. The molecule has 3 aromatic rings. The maximum atomic E-state index is 13.7. The molecule has 0 aliphatic rings. The summed E-state index contributed by atoms with van der Waals surface area (Å²) >= 11 is 6.11. The number of nitrogens with zero attached hydrogens (tertiary/aromatic N) is 4. The van der Waals surface area contributed by atoms with Gasteiger partial charge in [-0.1, -0.05) is 23.7 Å². The van der Waals surface area contributed by atoms with Crippen molar-refractivity contribution in [2.75, 3.05) is 0 Å². The van der Waals surface area contributed by atoms with E-state index in [0.717, 1.165) is 11.4 Å². The summed E-state index contributed by atoms with van der Waals surface area (Å²) in [4.78, 5) is 0. The highest BCUT2D eigenvalue weighted by molar-refractivity contribution is 6.31. The molecule has 0 atom stereocenters. The summed E-state index contributed by atoms with van der Waals surface area (Å²) < 4.78 is 21.0. The van der Waals surface area contributed by atoms with Gasteiger partial charge in [0.05, 0.1) is 22.0 Å². The largest absolute Gasteiger partial charge is 0.421 e. The standard InChI is InChI=1S/C15H14ClFN4O/c1-9-14(16)10(2)21(20-9)8-7-13-18-19-15(22-13)11-5-3-4-6-12(11)17/h3-6H,7-8H2,1-2H3. The molecule has 0 spiro atoms. The Bertz CT molecular complexity index is 812. The average Bonchev–Trinajstić information content (AvgIpc) is 3.07. The fraction of sp³-hybridized carbons (Fsp3) is 0.267. The Morgan fingerprint density at radius 2 is 2.00 bits per heavy atom. The Labute approximate surface area is 131 Å². The molecule has 1 aromatic carbocycles. The second-order valence-corrected chi connectivity index (χ2v) is 5.32. The molecule has 0 aliphatic heterocycles. The van der Waals surface area contributed by atoms with Crippen molar-refractivity contribution in [3.05, 3.63) is 52.4 Å². The summed E-state index contributed by atoms with van der Waals surface area (Å²) in [7, 11) is 0. The van der Waals surface area contributed by atoms with E-state index in [0.29, 0.717) is 29.4 Å². The van der Waals surface area contributed by atoms with Crippen LogP contribution in [0, 0.1) is 19.7 Å². The number of halogens is 2. The summed E-state index contributed by atoms with van der Waals surface area (Å²) in [5.74, 6) is 0.226. The van der Waals surface area contributed by atoms with E-state index in [-0.39, 0.29) is 11.7 Å². The molecular weight excluding hydrogens is 307 g/mol. The van der Waals surface area contributed by atoms with E-state index in [4.69, 9.17) is 16.0 Å². The molecule has 2 heterocycles. The van der Waals surface area contributed by atoms with Crippen LogP contribution >= 0.6 is 11.6 Å². The zero-order valence-electron chi connectivity index (χ0n) is 12.2. The summed E-state index contributed by atoms with van der Waals surface area (Å²) in [5, 5.41) is 12.8. The summed E-state index contributed by atoms with van der Waals surface area (Å²) in [5.41, 5.74) is 1.99. The van der Waals surface area contributed by atoms with Gasteiger partial charge in [-0.2, -0.15) is 5.10 Å². The van der Waals surface area contributed by atoms with Crippen LogP contribution in [0.25, 0.3) is 11.5 Å². The van der Waals surface area contributed by atoms with Gasteiger partial charge in [0.25, 0.3) is 5.89 Å². The van der Waals surface area contributed by atoms with Gasteiger partial charge in [0.2, 0.25) is 5.89 Å². The topological polar surface area (TPSA) is 56.7 Å². The molecule has 0 N–H and O–H groups in total. The highest BCUT2D eigenvalue weighted by atomic mass is 35.5. The lowest BCUT2D eigenvalue weighted by Crippen LogP contribution is -2.05. The van der Waals surface area contributed by atoms with E-state index in [2.05, 4.69) is 15.3 Å². The van der Waals surface area contributed by atoms with Crippen molar-refractivity contribution in [3.8, 4) is 11.5 Å². The molecule has 5 nitrogen and oxygen atoms in total. The Hall–Kier alpha value is -2.21. The number of benzene rings is 1. The maximum Gasteiger partial charge on any atom is 0.250 e. The van der Waals surface area contributed by atoms with Crippen molar-refractivity contribution >= 4 is 11.6 Å². The summed E-state index contributed by atoms with van der Waals surface area (Å²) in [6, 6.07) is 6.30. The lowest BCUT2D eigenvalue weighted by molar-refractivity contribution is 0.469. The van der Waals surface area contributed by atoms with E-state index in [1.54, 1.807) is 22.9 Å². The predicted molar refractivity (Wildman–Crippen MR) is 80.1 cm³/mol. The molecule has 0 fully saturated rings. The van der Waals surface area contributed by atoms with E-state index < -0.39 is 0 Å². The molecule has 7 heteroatoms. The smallest absolute Gasteiger partial charge is 0.250 e. The number of rotatable bonds is 4. The first-order valence-electron chi connectivity index (χ1n) is 6.83. The summed E-state index contributed by atoms with van der Waals surface area (Å²) in [6.07, 6.45) is 0.500. The van der Waals surface area contributed by atoms with Gasteiger partial charge in [-0.05, 0) is 26.0 Å². The van der Waals surface area contributed by atoms with Crippen LogP contribution in [-0.4, -0.2) is 20.0 Å². The highest BCUT2D eigenvalue weighted by Gasteiger charge is 2.14. The molecule has 0 saturated heterocycles. The fourth-order valence-corrected chi connectivity index (χ4v) is 2.33. The molecule has 0 bridgehead atoms. The third kappa shape index (κ3) is 2.74. The zero-order chi connectivity index (χ0) is 15.7. The van der Waals surface area contributed by atoms with Gasteiger partial charge in [0, 0.05) is 13.0 Å². The van der Waals surface area contributed by atoms with Crippen LogP contribution in [-0.2, 0) is 13.0 Å². The Kier molecular flexibility index (Phi) is 3.94. The van der Waals surface area contributed by atoms with Gasteiger partial charge in [-0.15, -0.1) is 10.2 Å². The minimum Gasteiger partial charge on any atom is -0.421 e. The van der Waals surface area contributed by atoms with Crippen molar-refractivity contribution in [1.29, 1.82) is 0 Å². The number of aromatic nitrogens is 4. The molecule has 0 aliphatic carbocycles. The van der Waals surface area contributed by atoms with Crippen LogP contribution in [0.15, 0.2) is 28.7 Å². The monoisotopic (exact) mass is 320 g/mol. The Morgan fingerprint density at radius 3 is 2.68 bits per heavy atom. The molecule has 2 aromatic heterocycles. The lowest BCUT2D eigenvalue weighted by Gasteiger charge is -2.01. The van der Waals surface area contributed by atoms with Crippen LogP contribution in [0.4, 0.5) is 4.39 Å². The Morgan fingerprint density at radius 1 is 1.23 bits per heavy atom. The van der Waals surface area contributed by atoms with Crippen molar-refractivity contribution in [2.24, 2.45) is 0 Å². The van der Waals surface area contributed by atoms with Crippen molar-refractivity contribution in [1.82, 2.24) is 20.0 Å². The third-order valence-corrected chi connectivity index (χ3v) is 3.95. The second kappa shape index (κ2) is 5.88. The summed E-state index contributed by atoms with van der Waals surface area (Å²) in [6.45, 7) is 4.33. The third-order valence-electron chi connectivity index (χ3n) is 3.40. The van der Waals surface area contributed by atoms with E-state index in [9.17, 15) is 4.39 Å². The van der Waals surface area contributed by atoms with Crippen molar-refractivity contribution in [3.63, 3.8) is 0 Å². The van der Waals surface area contributed by atoms with Crippen LogP contribution in [0.3, 0.4) is 0 Å². The number of hydrogen-bond acceptors (Lipinski definition) is 4. The SMILES string of the molecule is Cc1nn(CCc2nnc(-c3ccccc3F)o2)c(C)c1Cl. The molecule has 0 radical (unpaired) electrons. The van der Waals surface area contributed by atoms with Crippen molar-refractivity contribution < 1.29 is 8.81 Å². The van der Waals surface area contributed by atoms with Gasteiger partial charge >= 0.3 is 0 Å². The number of aryl methyl sites for hydroxylation is 3. The molecule has 0 unspecified atom stereocenters. The quantitative estimate of drug-likeness (QED) is 0.737. The van der Waals surface area contributed by atoms with Crippen LogP contribution in [0.2, 0.25) is 5.02 Å². The Balaban J connectivity index is 1.75. The zero-order valence-corrected chi connectivity index (χ0v) is 12.9. The van der Waals surface area contributed by atoms with Crippen LogP contribution < -0.4 is 0 Å². The molecule has 0 amide bonds. The van der Waals surface area contributed by atoms with Gasteiger partial charge in [-0.3, -0.25) is 4.68 Å². The van der Waals surface area contributed by atoms with E-state index in [1.807, 2.05) is 13.8 Å². The molecule has 3 rings (SSSR count). The first-order chi connectivity index (χ1) is 10.6. The molecule has 22 heavy (non-hydrogen) atoms. The van der Waals surface area contributed by atoms with E-state index in [1.165, 1.54) is 6.07 Å². The predicted octanol–water partition coefficient (Wildman–Crippen LogP) is 3.59. The minimum absolute atomic E-state index is 0.180.